The summed E-state index contributed by atoms with van der Waals surface area (Å²) >= 11 is 5.74. The van der Waals surface area contributed by atoms with Gasteiger partial charge in [-0.3, -0.25) is 4.98 Å². The average Bonchev–Trinajstić information content (AvgIpc) is 3.27. The number of nitrogens with zero attached hydrogens (tertiary/aromatic N) is 4. The molecule has 4 rings (SSSR count). The van der Waals surface area contributed by atoms with Crippen LogP contribution in [0.4, 0.5) is 5.69 Å². The van der Waals surface area contributed by atoms with Gasteiger partial charge in [0.15, 0.2) is 5.11 Å². The molecular formula is C25H31N5OS. The molecule has 0 spiro atoms. The molecule has 1 aliphatic heterocycles. The first-order chi connectivity index (χ1) is 15.4. The number of nitrogens with one attached hydrogen (secondary N) is 1. The second kappa shape index (κ2) is 9.30. The topological polar surface area (TPSA) is 45.6 Å². The van der Waals surface area contributed by atoms with E-state index in [9.17, 15) is 0 Å². The highest BCUT2D eigenvalue weighted by molar-refractivity contribution is 7.80. The summed E-state index contributed by atoms with van der Waals surface area (Å²) in [6.07, 6.45) is 1.84. The number of pyridine rings is 1. The first-order valence-corrected chi connectivity index (χ1v) is 11.3. The highest BCUT2D eigenvalue weighted by Gasteiger charge is 2.41. The molecule has 0 aliphatic carbocycles. The summed E-state index contributed by atoms with van der Waals surface area (Å²) in [5.41, 5.74) is 6.98. The third kappa shape index (κ3) is 4.10. The Morgan fingerprint density at radius 1 is 1.12 bits per heavy atom. The van der Waals surface area contributed by atoms with Crippen LogP contribution in [0.3, 0.4) is 0 Å². The van der Waals surface area contributed by atoms with E-state index < -0.39 is 0 Å². The van der Waals surface area contributed by atoms with Crippen LogP contribution >= 0.6 is 12.2 Å². The number of ether oxygens (including phenoxy) is 1. The van der Waals surface area contributed by atoms with Crippen LogP contribution in [-0.4, -0.2) is 53.9 Å². The van der Waals surface area contributed by atoms with Gasteiger partial charge >= 0.3 is 0 Å². The minimum atomic E-state index is -0.0226. The lowest BCUT2D eigenvalue weighted by Gasteiger charge is -2.28. The van der Waals surface area contributed by atoms with Crippen molar-refractivity contribution in [3.8, 4) is 5.69 Å². The predicted molar refractivity (Wildman–Crippen MR) is 134 cm³/mol. The van der Waals surface area contributed by atoms with Gasteiger partial charge in [-0.2, -0.15) is 0 Å². The van der Waals surface area contributed by atoms with Crippen LogP contribution in [0, 0.1) is 13.8 Å². The smallest absolute Gasteiger partial charge is 0.170 e. The molecule has 0 bridgehead atoms. The third-order valence-corrected chi connectivity index (χ3v) is 6.50. The summed E-state index contributed by atoms with van der Waals surface area (Å²) in [4.78, 5) is 8.98. The van der Waals surface area contributed by atoms with Crippen LogP contribution in [0.5, 0.6) is 0 Å². The molecule has 1 aromatic carbocycles. The van der Waals surface area contributed by atoms with Crippen LogP contribution in [0.15, 0.2) is 54.7 Å². The Hall–Kier alpha value is -2.90. The van der Waals surface area contributed by atoms with Gasteiger partial charge in [0.25, 0.3) is 0 Å². The van der Waals surface area contributed by atoms with Crippen LogP contribution < -0.4 is 10.2 Å². The second-order valence-electron chi connectivity index (χ2n) is 8.39. The van der Waals surface area contributed by atoms with Gasteiger partial charge in [-0.1, -0.05) is 6.07 Å². The Kier molecular flexibility index (Phi) is 6.48. The molecule has 32 heavy (non-hydrogen) atoms. The van der Waals surface area contributed by atoms with E-state index in [0.717, 1.165) is 23.0 Å². The molecule has 3 heterocycles. The number of rotatable bonds is 7. The number of thiocarbonyl (C=S) groups is 1. The summed E-state index contributed by atoms with van der Waals surface area (Å²) in [6, 6.07) is 17.0. The van der Waals surface area contributed by atoms with Gasteiger partial charge in [0.1, 0.15) is 0 Å². The van der Waals surface area contributed by atoms with Crippen molar-refractivity contribution in [1.29, 1.82) is 0 Å². The molecule has 1 saturated heterocycles. The molecule has 7 heteroatoms. The van der Waals surface area contributed by atoms with E-state index in [1.54, 1.807) is 7.11 Å². The summed E-state index contributed by atoms with van der Waals surface area (Å²) in [5, 5.41) is 4.26. The number of hydrogen-bond donors (Lipinski definition) is 1. The van der Waals surface area contributed by atoms with E-state index in [2.05, 4.69) is 89.0 Å². The van der Waals surface area contributed by atoms with Crippen molar-refractivity contribution in [2.45, 2.75) is 25.9 Å². The van der Waals surface area contributed by atoms with Gasteiger partial charge in [0.05, 0.1) is 24.4 Å². The molecule has 0 amide bonds. The average molecular weight is 450 g/mol. The molecule has 6 nitrogen and oxygen atoms in total. The predicted octanol–water partition coefficient (Wildman–Crippen LogP) is 4.17. The van der Waals surface area contributed by atoms with Crippen LogP contribution in [-0.2, 0) is 4.74 Å². The molecule has 3 aromatic rings. The lowest BCUT2D eigenvalue weighted by Crippen LogP contribution is -2.32. The van der Waals surface area contributed by atoms with Gasteiger partial charge in [-0.25, -0.2) is 0 Å². The molecule has 2 aromatic heterocycles. The fourth-order valence-electron chi connectivity index (χ4n) is 4.56. The lowest BCUT2D eigenvalue weighted by molar-refractivity contribution is 0.164. The zero-order chi connectivity index (χ0) is 22.8. The molecule has 1 N–H and O–H groups in total. The Labute approximate surface area is 195 Å². The van der Waals surface area contributed by atoms with E-state index in [1.165, 1.54) is 22.6 Å². The monoisotopic (exact) mass is 449 g/mol. The highest BCUT2D eigenvalue weighted by atomic mass is 32.1. The number of methoxy groups -OCH3 is 1. The summed E-state index contributed by atoms with van der Waals surface area (Å²) in [5.74, 6) is 0. The molecule has 168 valence electrons. The number of aromatic nitrogens is 2. The summed E-state index contributed by atoms with van der Waals surface area (Å²) in [7, 11) is 5.84. The maximum Gasteiger partial charge on any atom is 0.170 e. The molecular weight excluding hydrogens is 418 g/mol. The SMILES string of the molecule is COCCN1C(=S)N[C@@H](c2ccccn2)[C@@H]1c1cc(C)n(-c2ccc(N(C)C)cc2)c1C. The Bertz CT molecular complexity index is 1080. The third-order valence-electron chi connectivity index (χ3n) is 6.15. The van der Waals surface area contributed by atoms with E-state index in [0.29, 0.717) is 6.61 Å². The molecule has 0 saturated carbocycles. The lowest BCUT2D eigenvalue weighted by atomic mass is 9.97. The van der Waals surface area contributed by atoms with Gasteiger partial charge in [-0.15, -0.1) is 0 Å². The minimum Gasteiger partial charge on any atom is -0.383 e. The Morgan fingerprint density at radius 2 is 1.88 bits per heavy atom. The number of benzene rings is 1. The highest BCUT2D eigenvalue weighted by Crippen LogP contribution is 2.41. The normalized spacial score (nSPS) is 18.2. The quantitative estimate of drug-likeness (QED) is 0.546. The molecule has 0 unspecified atom stereocenters. The van der Waals surface area contributed by atoms with Crippen LogP contribution in [0.1, 0.15) is 34.7 Å². The maximum absolute atomic E-state index is 5.74. The van der Waals surface area contributed by atoms with E-state index >= 15 is 0 Å². The van der Waals surface area contributed by atoms with E-state index in [-0.39, 0.29) is 12.1 Å². The van der Waals surface area contributed by atoms with Crippen LogP contribution in [0.25, 0.3) is 5.69 Å². The fourth-order valence-corrected chi connectivity index (χ4v) is 4.89. The summed E-state index contributed by atoms with van der Waals surface area (Å²) < 4.78 is 7.70. The van der Waals surface area contributed by atoms with Crippen molar-refractivity contribution in [3.63, 3.8) is 0 Å². The first kappa shape index (κ1) is 22.3. The second-order valence-corrected chi connectivity index (χ2v) is 8.77. The van der Waals surface area contributed by atoms with Crippen molar-refractivity contribution in [1.82, 2.24) is 19.8 Å². The van der Waals surface area contributed by atoms with Crippen molar-refractivity contribution in [2.75, 3.05) is 39.3 Å². The van der Waals surface area contributed by atoms with E-state index in [1.807, 2.05) is 18.3 Å². The zero-order valence-corrected chi connectivity index (χ0v) is 20.2. The zero-order valence-electron chi connectivity index (χ0n) is 19.4. The first-order valence-electron chi connectivity index (χ1n) is 10.9. The molecule has 0 radical (unpaired) electrons. The number of hydrogen-bond acceptors (Lipinski definition) is 4. The van der Waals surface area contributed by atoms with Gasteiger partial charge in [0, 0.05) is 56.7 Å². The van der Waals surface area contributed by atoms with Crippen LogP contribution in [0.2, 0.25) is 0 Å². The molecule has 1 aliphatic rings. The van der Waals surface area contributed by atoms with Crippen molar-refractivity contribution >= 4 is 23.0 Å². The number of aryl methyl sites for hydroxylation is 1. The standard InChI is InChI=1S/C25H31N5OS/c1-17-16-21(18(2)30(17)20-11-9-19(10-12-20)28(3)4)24-23(22-8-6-7-13-26-22)27-25(32)29(24)14-15-31-5/h6-13,16,23-24H,14-15H2,1-5H3,(H,27,32)/t23-,24-/m0/s1. The van der Waals surface area contributed by atoms with Crippen molar-refractivity contribution in [3.05, 3.63) is 77.4 Å². The van der Waals surface area contributed by atoms with Crippen molar-refractivity contribution < 1.29 is 4.74 Å². The minimum absolute atomic E-state index is 0.0226. The largest absolute Gasteiger partial charge is 0.383 e. The Balaban J connectivity index is 1.78. The molecule has 2 atom stereocenters. The summed E-state index contributed by atoms with van der Waals surface area (Å²) in [6.45, 7) is 5.68. The van der Waals surface area contributed by atoms with Crippen molar-refractivity contribution in [2.24, 2.45) is 0 Å². The van der Waals surface area contributed by atoms with Gasteiger partial charge < -0.3 is 24.4 Å². The maximum atomic E-state index is 5.74. The van der Waals surface area contributed by atoms with E-state index in [4.69, 9.17) is 17.0 Å². The van der Waals surface area contributed by atoms with Gasteiger partial charge in [0.2, 0.25) is 0 Å². The van der Waals surface area contributed by atoms with Gasteiger partial charge in [-0.05, 0) is 74.1 Å². The fraction of sp³-hybridized carbons (Fsp3) is 0.360. The molecule has 1 fully saturated rings. The number of anilines is 1. The Morgan fingerprint density at radius 3 is 2.50 bits per heavy atom.